The van der Waals surface area contributed by atoms with Crippen molar-refractivity contribution in [3.63, 3.8) is 0 Å². The molecule has 2 N–H and O–H groups in total. The molecule has 16 heavy (non-hydrogen) atoms. The van der Waals surface area contributed by atoms with Crippen LogP contribution in [0.4, 0.5) is 5.82 Å². The first kappa shape index (κ1) is 10.3. The van der Waals surface area contributed by atoms with Gasteiger partial charge in [0.25, 0.3) is 0 Å². The van der Waals surface area contributed by atoms with Crippen LogP contribution in [0, 0.1) is 11.3 Å². The van der Waals surface area contributed by atoms with Crippen LogP contribution in [0.3, 0.4) is 0 Å². The Hall–Kier alpha value is -2.21. The molecule has 0 aliphatic heterocycles. The van der Waals surface area contributed by atoms with Crippen molar-refractivity contribution in [2.75, 3.05) is 5.73 Å². The van der Waals surface area contributed by atoms with E-state index in [0.29, 0.717) is 11.4 Å². The molecule has 0 spiro atoms. The Morgan fingerprint density at radius 3 is 2.56 bits per heavy atom. The predicted molar refractivity (Wildman–Crippen MR) is 63.7 cm³/mol. The summed E-state index contributed by atoms with van der Waals surface area (Å²) >= 11 is 0. The topological polar surface area (TPSA) is 54.7 Å². The van der Waals surface area contributed by atoms with Crippen LogP contribution in [-0.2, 0) is 13.0 Å². The van der Waals surface area contributed by atoms with E-state index in [1.54, 1.807) is 6.07 Å². The number of aromatic nitrogens is 1. The Kier molecular flexibility index (Phi) is 2.93. The number of nitrogen functional groups attached to an aromatic ring is 1. The average molecular weight is 211 g/mol. The zero-order valence-corrected chi connectivity index (χ0v) is 8.93. The van der Waals surface area contributed by atoms with E-state index in [4.69, 9.17) is 11.0 Å². The van der Waals surface area contributed by atoms with Crippen LogP contribution < -0.4 is 5.73 Å². The summed E-state index contributed by atoms with van der Waals surface area (Å²) in [6, 6.07) is 14.0. The summed E-state index contributed by atoms with van der Waals surface area (Å²) in [5.41, 5.74) is 7.64. The number of nitrogens with zero attached hydrogens (tertiary/aromatic N) is 2. The molecule has 1 aromatic carbocycles. The van der Waals surface area contributed by atoms with Crippen molar-refractivity contribution in [2.45, 2.75) is 13.0 Å². The van der Waals surface area contributed by atoms with Crippen molar-refractivity contribution in [1.82, 2.24) is 4.57 Å². The van der Waals surface area contributed by atoms with E-state index in [1.165, 1.54) is 5.56 Å². The number of anilines is 1. The first-order chi connectivity index (χ1) is 7.81. The van der Waals surface area contributed by atoms with Gasteiger partial charge in [-0.15, -0.1) is 0 Å². The largest absolute Gasteiger partial charge is 0.384 e. The van der Waals surface area contributed by atoms with Crippen LogP contribution in [0.25, 0.3) is 0 Å². The second-order valence-electron chi connectivity index (χ2n) is 3.66. The Morgan fingerprint density at radius 1 is 1.19 bits per heavy atom. The van der Waals surface area contributed by atoms with Crippen LogP contribution >= 0.6 is 0 Å². The van der Waals surface area contributed by atoms with Crippen molar-refractivity contribution in [3.8, 4) is 6.07 Å². The van der Waals surface area contributed by atoms with E-state index in [0.717, 1.165) is 13.0 Å². The Balaban J connectivity index is 2.06. The fourth-order valence-corrected chi connectivity index (χ4v) is 1.67. The van der Waals surface area contributed by atoms with Gasteiger partial charge in [0.2, 0.25) is 0 Å². The fraction of sp³-hybridized carbons (Fsp3) is 0.154. The van der Waals surface area contributed by atoms with Crippen molar-refractivity contribution in [2.24, 2.45) is 0 Å². The second kappa shape index (κ2) is 4.54. The minimum atomic E-state index is 0.549. The zero-order chi connectivity index (χ0) is 11.4. The second-order valence-corrected chi connectivity index (χ2v) is 3.66. The van der Waals surface area contributed by atoms with Gasteiger partial charge in [0, 0.05) is 12.7 Å². The van der Waals surface area contributed by atoms with Crippen molar-refractivity contribution >= 4 is 5.82 Å². The summed E-state index contributed by atoms with van der Waals surface area (Å²) in [5, 5.41) is 8.77. The molecule has 0 bridgehead atoms. The van der Waals surface area contributed by atoms with Crippen LogP contribution in [0.1, 0.15) is 11.1 Å². The molecule has 2 aromatic rings. The highest BCUT2D eigenvalue weighted by Crippen LogP contribution is 2.13. The van der Waals surface area contributed by atoms with Gasteiger partial charge in [0.15, 0.2) is 0 Å². The summed E-state index contributed by atoms with van der Waals surface area (Å²) in [6.45, 7) is 0.803. The highest BCUT2D eigenvalue weighted by molar-refractivity contribution is 5.49. The molecule has 0 amide bonds. The predicted octanol–water partition coefficient (Wildman–Crippen LogP) is 2.18. The van der Waals surface area contributed by atoms with Crippen LogP contribution in [0.2, 0.25) is 0 Å². The maximum absolute atomic E-state index is 8.77. The Morgan fingerprint density at radius 2 is 1.94 bits per heavy atom. The summed E-state index contributed by atoms with van der Waals surface area (Å²) in [5.74, 6) is 0.554. The fourth-order valence-electron chi connectivity index (χ4n) is 1.67. The number of hydrogen-bond donors (Lipinski definition) is 1. The standard InChI is InChI=1S/C13H13N3/c14-10-12-7-9-16(13(12)15)8-6-11-4-2-1-3-5-11/h1-5,7,9H,6,8,15H2. The van der Waals surface area contributed by atoms with Gasteiger partial charge in [0.1, 0.15) is 11.9 Å². The van der Waals surface area contributed by atoms with Crippen molar-refractivity contribution < 1.29 is 0 Å². The molecular weight excluding hydrogens is 198 g/mol. The van der Waals surface area contributed by atoms with Gasteiger partial charge in [-0.1, -0.05) is 30.3 Å². The molecule has 0 aliphatic rings. The van der Waals surface area contributed by atoms with Gasteiger partial charge < -0.3 is 10.3 Å². The van der Waals surface area contributed by atoms with Crippen LogP contribution in [0.15, 0.2) is 42.6 Å². The molecule has 0 aliphatic carbocycles. The summed E-state index contributed by atoms with van der Waals surface area (Å²) in [7, 11) is 0. The van der Waals surface area contributed by atoms with E-state index in [2.05, 4.69) is 18.2 Å². The first-order valence-corrected chi connectivity index (χ1v) is 5.20. The molecule has 0 fully saturated rings. The first-order valence-electron chi connectivity index (χ1n) is 5.20. The highest BCUT2D eigenvalue weighted by Gasteiger charge is 2.04. The van der Waals surface area contributed by atoms with Gasteiger partial charge in [0.05, 0.1) is 5.56 Å². The molecule has 1 heterocycles. The third-order valence-electron chi connectivity index (χ3n) is 2.61. The lowest BCUT2D eigenvalue weighted by Gasteiger charge is -2.05. The van der Waals surface area contributed by atoms with E-state index >= 15 is 0 Å². The van der Waals surface area contributed by atoms with Crippen LogP contribution in [-0.4, -0.2) is 4.57 Å². The molecule has 3 heteroatoms. The summed E-state index contributed by atoms with van der Waals surface area (Å²) in [4.78, 5) is 0. The van der Waals surface area contributed by atoms with Gasteiger partial charge in [-0.2, -0.15) is 5.26 Å². The number of hydrogen-bond acceptors (Lipinski definition) is 2. The van der Waals surface area contributed by atoms with E-state index in [1.807, 2.05) is 29.0 Å². The number of rotatable bonds is 3. The van der Waals surface area contributed by atoms with Crippen molar-refractivity contribution in [3.05, 3.63) is 53.7 Å². The molecule has 2 rings (SSSR count). The lowest BCUT2D eigenvalue weighted by Crippen LogP contribution is -2.04. The normalized spacial score (nSPS) is 9.94. The average Bonchev–Trinajstić information content (AvgIpc) is 2.69. The van der Waals surface area contributed by atoms with E-state index in [9.17, 15) is 0 Å². The maximum atomic E-state index is 8.77. The zero-order valence-electron chi connectivity index (χ0n) is 8.93. The molecule has 3 nitrogen and oxygen atoms in total. The third kappa shape index (κ3) is 2.06. The summed E-state index contributed by atoms with van der Waals surface area (Å²) < 4.78 is 1.91. The molecule has 1 aromatic heterocycles. The maximum Gasteiger partial charge on any atom is 0.121 e. The van der Waals surface area contributed by atoms with Gasteiger partial charge in [-0.05, 0) is 18.1 Å². The molecule has 0 radical (unpaired) electrons. The van der Waals surface area contributed by atoms with Crippen LogP contribution in [0.5, 0.6) is 0 Å². The molecule has 0 saturated heterocycles. The minimum absolute atomic E-state index is 0.549. The number of nitriles is 1. The molecule has 80 valence electrons. The molecule has 0 unspecified atom stereocenters. The van der Waals surface area contributed by atoms with E-state index < -0.39 is 0 Å². The Labute approximate surface area is 94.7 Å². The monoisotopic (exact) mass is 211 g/mol. The highest BCUT2D eigenvalue weighted by atomic mass is 15.0. The lowest BCUT2D eigenvalue weighted by molar-refractivity contribution is 0.709. The van der Waals surface area contributed by atoms with Gasteiger partial charge in [-0.3, -0.25) is 0 Å². The third-order valence-corrected chi connectivity index (χ3v) is 2.61. The smallest absolute Gasteiger partial charge is 0.121 e. The minimum Gasteiger partial charge on any atom is -0.384 e. The quantitative estimate of drug-likeness (QED) is 0.846. The number of benzene rings is 1. The number of nitrogens with two attached hydrogens (primary N) is 1. The number of aryl methyl sites for hydroxylation is 2. The lowest BCUT2D eigenvalue weighted by atomic mass is 10.1. The van der Waals surface area contributed by atoms with Gasteiger partial charge in [-0.25, -0.2) is 0 Å². The Bertz CT molecular complexity index is 506. The molecule has 0 saturated carbocycles. The molecule has 0 atom stereocenters. The van der Waals surface area contributed by atoms with Crippen molar-refractivity contribution in [1.29, 1.82) is 5.26 Å². The molecular formula is C13H13N3. The van der Waals surface area contributed by atoms with E-state index in [-0.39, 0.29) is 0 Å². The SMILES string of the molecule is N#Cc1ccn(CCc2ccccc2)c1N. The summed E-state index contributed by atoms with van der Waals surface area (Å²) in [6.07, 6.45) is 2.78. The van der Waals surface area contributed by atoms with Gasteiger partial charge >= 0.3 is 0 Å².